The van der Waals surface area contributed by atoms with E-state index in [1.54, 1.807) is 0 Å². The molecule has 0 radical (unpaired) electrons. The van der Waals surface area contributed by atoms with Crippen LogP contribution in [-0.2, 0) is 0 Å². The van der Waals surface area contributed by atoms with Gasteiger partial charge < -0.3 is 4.23 Å². The van der Waals surface area contributed by atoms with Crippen LogP contribution in [0.4, 0.5) is 0 Å². The highest BCUT2D eigenvalue weighted by atomic mass is 28.3. The zero-order valence-electron chi connectivity index (χ0n) is 12.2. The summed E-state index contributed by atoms with van der Waals surface area (Å²) in [5.74, 6) is 0.615. The number of aryl methyl sites for hydroxylation is 1. The van der Waals surface area contributed by atoms with Gasteiger partial charge in [-0.1, -0.05) is 47.7 Å². The van der Waals surface area contributed by atoms with Crippen molar-refractivity contribution < 1.29 is 0 Å². The highest BCUT2D eigenvalue weighted by Gasteiger charge is 2.38. The molecular formula is C14H27NSi. The van der Waals surface area contributed by atoms with Crippen molar-refractivity contribution in [3.63, 3.8) is 0 Å². The standard InChI is InChI=1S/C14H27NSi/c1-11(2)13-12(3)9-10-15(13)16(7,8)14(4,5)6/h9-11H,1-8H3. The first-order valence-electron chi connectivity index (χ1n) is 6.27. The predicted molar refractivity (Wildman–Crippen MR) is 75.9 cm³/mol. The highest BCUT2D eigenvalue weighted by Crippen LogP contribution is 2.39. The molecule has 92 valence electrons. The molecular weight excluding hydrogens is 210 g/mol. The van der Waals surface area contributed by atoms with Gasteiger partial charge in [-0.25, -0.2) is 0 Å². The molecule has 0 atom stereocenters. The fraction of sp³-hybridized carbons (Fsp3) is 0.714. The molecule has 16 heavy (non-hydrogen) atoms. The lowest BCUT2D eigenvalue weighted by Gasteiger charge is -2.40. The molecule has 0 aliphatic rings. The molecule has 2 heteroatoms. The van der Waals surface area contributed by atoms with E-state index in [1.165, 1.54) is 11.3 Å². The third-order valence-electron chi connectivity index (χ3n) is 4.12. The number of rotatable bonds is 2. The first kappa shape index (κ1) is 13.6. The fourth-order valence-electron chi connectivity index (χ4n) is 2.12. The molecule has 1 aromatic heterocycles. The summed E-state index contributed by atoms with van der Waals surface area (Å²) in [7, 11) is -1.45. The Kier molecular flexibility index (Phi) is 3.44. The van der Waals surface area contributed by atoms with Crippen molar-refractivity contribution in [2.24, 2.45) is 0 Å². The van der Waals surface area contributed by atoms with Gasteiger partial charge in [-0.15, -0.1) is 0 Å². The van der Waals surface area contributed by atoms with Crippen LogP contribution in [0, 0.1) is 6.92 Å². The van der Waals surface area contributed by atoms with Crippen molar-refractivity contribution in [2.75, 3.05) is 0 Å². The largest absolute Gasteiger partial charge is 0.377 e. The molecule has 1 aromatic rings. The van der Waals surface area contributed by atoms with Gasteiger partial charge in [0.1, 0.15) is 0 Å². The second-order valence-corrected chi connectivity index (χ2v) is 11.8. The molecule has 0 aromatic carbocycles. The summed E-state index contributed by atoms with van der Waals surface area (Å²) >= 11 is 0. The molecule has 0 amide bonds. The predicted octanol–water partition coefficient (Wildman–Crippen LogP) is 4.77. The molecule has 0 spiro atoms. The topological polar surface area (TPSA) is 4.93 Å². The molecule has 0 saturated carbocycles. The molecule has 0 aliphatic heterocycles. The van der Waals surface area contributed by atoms with Gasteiger partial charge in [0, 0.05) is 5.69 Å². The van der Waals surface area contributed by atoms with E-state index < -0.39 is 8.24 Å². The van der Waals surface area contributed by atoms with Crippen LogP contribution in [0.3, 0.4) is 0 Å². The molecule has 0 aliphatic carbocycles. The average Bonchev–Trinajstić information content (AvgIpc) is 2.45. The lowest BCUT2D eigenvalue weighted by atomic mass is 10.1. The minimum absolute atomic E-state index is 0.391. The summed E-state index contributed by atoms with van der Waals surface area (Å²) in [6.07, 6.45) is 2.31. The Hall–Kier alpha value is -0.503. The Morgan fingerprint density at radius 2 is 1.69 bits per heavy atom. The van der Waals surface area contributed by atoms with E-state index in [1.807, 2.05) is 0 Å². The molecule has 1 heterocycles. The van der Waals surface area contributed by atoms with Crippen molar-refractivity contribution in [3.8, 4) is 0 Å². The Labute approximate surface area is 102 Å². The van der Waals surface area contributed by atoms with Crippen LogP contribution in [0.25, 0.3) is 0 Å². The molecule has 1 nitrogen and oxygen atoms in total. The molecule has 1 rings (SSSR count). The monoisotopic (exact) mass is 237 g/mol. The third-order valence-corrected chi connectivity index (χ3v) is 9.39. The maximum absolute atomic E-state index is 2.60. The van der Waals surface area contributed by atoms with Gasteiger partial charge >= 0.3 is 0 Å². The highest BCUT2D eigenvalue weighted by molar-refractivity contribution is 6.78. The van der Waals surface area contributed by atoms with E-state index in [2.05, 4.69) is 71.1 Å². The molecule has 0 unspecified atom stereocenters. The van der Waals surface area contributed by atoms with E-state index in [0.29, 0.717) is 11.0 Å². The van der Waals surface area contributed by atoms with Gasteiger partial charge in [0.15, 0.2) is 8.24 Å². The van der Waals surface area contributed by atoms with E-state index in [4.69, 9.17) is 0 Å². The second kappa shape index (κ2) is 4.06. The van der Waals surface area contributed by atoms with Crippen LogP contribution in [0.1, 0.15) is 51.8 Å². The summed E-state index contributed by atoms with van der Waals surface area (Å²) in [6.45, 7) is 18.9. The Morgan fingerprint density at radius 3 is 2.06 bits per heavy atom. The average molecular weight is 237 g/mol. The lowest BCUT2D eigenvalue weighted by Crippen LogP contribution is -2.46. The van der Waals surface area contributed by atoms with Crippen molar-refractivity contribution in [3.05, 3.63) is 23.5 Å². The maximum atomic E-state index is 2.60. The molecule has 0 N–H and O–H groups in total. The smallest absolute Gasteiger partial charge is 0.160 e. The van der Waals surface area contributed by atoms with Crippen LogP contribution in [0.15, 0.2) is 12.3 Å². The third kappa shape index (κ3) is 2.12. The molecule has 0 bridgehead atoms. The summed E-state index contributed by atoms with van der Waals surface area (Å²) < 4.78 is 2.60. The van der Waals surface area contributed by atoms with Crippen molar-refractivity contribution in [1.29, 1.82) is 0 Å². The van der Waals surface area contributed by atoms with Crippen molar-refractivity contribution in [2.45, 2.75) is 65.6 Å². The van der Waals surface area contributed by atoms with Crippen LogP contribution in [0.2, 0.25) is 18.1 Å². The summed E-state index contributed by atoms with van der Waals surface area (Å²) in [6, 6.07) is 2.27. The fourth-order valence-corrected chi connectivity index (χ4v) is 4.33. The van der Waals surface area contributed by atoms with E-state index in [9.17, 15) is 0 Å². The van der Waals surface area contributed by atoms with E-state index in [0.717, 1.165) is 0 Å². The van der Waals surface area contributed by atoms with E-state index in [-0.39, 0.29) is 0 Å². The summed E-state index contributed by atoms with van der Waals surface area (Å²) in [5.41, 5.74) is 2.98. The first-order chi connectivity index (χ1) is 7.09. The van der Waals surface area contributed by atoms with Gasteiger partial charge in [-0.2, -0.15) is 0 Å². The SMILES string of the molecule is Cc1ccn([Si](C)(C)C(C)(C)C)c1C(C)C. The lowest BCUT2D eigenvalue weighted by molar-refractivity contribution is 0.683. The summed E-state index contributed by atoms with van der Waals surface area (Å²) in [5, 5.41) is 0.391. The summed E-state index contributed by atoms with van der Waals surface area (Å²) in [4.78, 5) is 0. The minimum atomic E-state index is -1.45. The second-order valence-electron chi connectivity index (χ2n) is 6.72. The van der Waals surface area contributed by atoms with Crippen molar-refractivity contribution in [1.82, 2.24) is 4.23 Å². The van der Waals surface area contributed by atoms with Gasteiger partial charge in [0.25, 0.3) is 0 Å². The molecule has 0 fully saturated rings. The van der Waals surface area contributed by atoms with Gasteiger partial charge in [0.05, 0.1) is 0 Å². The van der Waals surface area contributed by atoms with Gasteiger partial charge in [0.2, 0.25) is 0 Å². The zero-order valence-corrected chi connectivity index (χ0v) is 13.2. The van der Waals surface area contributed by atoms with Crippen LogP contribution in [0.5, 0.6) is 0 Å². The zero-order chi connectivity index (χ0) is 12.7. The molecule has 0 saturated heterocycles. The van der Waals surface area contributed by atoms with Gasteiger partial charge in [-0.3, -0.25) is 0 Å². The number of hydrogen-bond acceptors (Lipinski definition) is 0. The first-order valence-corrected chi connectivity index (χ1v) is 9.22. The number of hydrogen-bond donors (Lipinski definition) is 0. The van der Waals surface area contributed by atoms with Crippen molar-refractivity contribution >= 4 is 8.24 Å². The van der Waals surface area contributed by atoms with Crippen LogP contribution < -0.4 is 0 Å². The quantitative estimate of drug-likeness (QED) is 0.653. The van der Waals surface area contributed by atoms with Gasteiger partial charge in [-0.05, 0) is 35.7 Å². The van der Waals surface area contributed by atoms with Crippen LogP contribution >= 0.6 is 0 Å². The minimum Gasteiger partial charge on any atom is -0.377 e. The number of nitrogens with zero attached hydrogens (tertiary/aromatic N) is 1. The number of aromatic nitrogens is 1. The van der Waals surface area contributed by atoms with Crippen LogP contribution in [-0.4, -0.2) is 12.5 Å². The van der Waals surface area contributed by atoms with E-state index >= 15 is 0 Å². The normalized spacial score (nSPS) is 13.6. The maximum Gasteiger partial charge on any atom is 0.160 e. The Morgan fingerprint density at radius 1 is 1.19 bits per heavy atom. The Bertz CT molecular complexity index is 367. The Balaban J connectivity index is 3.34.